The largest absolute Gasteiger partial charge is 0.493 e. The van der Waals surface area contributed by atoms with Gasteiger partial charge < -0.3 is 14.8 Å². The minimum absolute atomic E-state index is 0.111. The Kier molecular flexibility index (Phi) is 10.3. The second kappa shape index (κ2) is 12.7. The van der Waals surface area contributed by atoms with Gasteiger partial charge in [0.15, 0.2) is 11.5 Å². The van der Waals surface area contributed by atoms with Crippen LogP contribution in [0, 0.1) is 21.8 Å². The van der Waals surface area contributed by atoms with Crippen molar-refractivity contribution in [1.82, 2.24) is 10.7 Å². The molecule has 0 aliphatic carbocycles. The van der Waals surface area contributed by atoms with E-state index < -0.39 is 17.9 Å². The van der Waals surface area contributed by atoms with Crippen LogP contribution >= 0.6 is 45.8 Å². The van der Waals surface area contributed by atoms with Crippen molar-refractivity contribution in [3.05, 3.63) is 55.1 Å². The smallest absolute Gasteiger partial charge is 0.262 e. The van der Waals surface area contributed by atoms with Crippen LogP contribution in [0.4, 0.5) is 0 Å². The number of rotatable bonds is 9. The Bertz CT molecular complexity index is 1100. The zero-order valence-corrected chi connectivity index (χ0v) is 21.8. The molecular formula is C23H22Cl2IN3O4. The molecule has 0 saturated carbocycles. The first kappa shape index (κ1) is 26.8. The summed E-state index contributed by atoms with van der Waals surface area (Å²) in [5.74, 6) is 2.31. The lowest BCUT2D eigenvalue weighted by Gasteiger charge is -2.20. The van der Waals surface area contributed by atoms with Gasteiger partial charge in [-0.1, -0.05) is 43.0 Å². The van der Waals surface area contributed by atoms with Gasteiger partial charge in [0.25, 0.3) is 11.8 Å². The number of amides is 2. The molecule has 2 aromatic carbocycles. The first-order chi connectivity index (χ1) is 15.7. The normalized spacial score (nSPS) is 11.7. The van der Waals surface area contributed by atoms with Gasteiger partial charge in [0, 0.05) is 5.56 Å². The Morgan fingerprint density at radius 2 is 1.97 bits per heavy atom. The van der Waals surface area contributed by atoms with Crippen molar-refractivity contribution < 1.29 is 19.1 Å². The molecule has 2 aromatic rings. The summed E-state index contributed by atoms with van der Waals surface area (Å²) < 4.78 is 11.6. The number of nitrogens with zero attached hydrogens (tertiary/aromatic N) is 1. The highest BCUT2D eigenvalue weighted by Gasteiger charge is 2.24. The molecule has 7 nitrogen and oxygen atoms in total. The average molecular weight is 602 g/mol. The second-order valence-electron chi connectivity index (χ2n) is 7.09. The first-order valence-corrected chi connectivity index (χ1v) is 11.5. The molecule has 2 amide bonds. The van der Waals surface area contributed by atoms with E-state index in [-0.39, 0.29) is 17.5 Å². The number of methoxy groups -OCH3 is 1. The predicted octanol–water partition coefficient (Wildman–Crippen LogP) is 4.52. The third-order valence-corrected chi connectivity index (χ3v) is 5.90. The summed E-state index contributed by atoms with van der Waals surface area (Å²) in [5, 5.41) is 7.30. The maximum absolute atomic E-state index is 12.7. The van der Waals surface area contributed by atoms with Crippen molar-refractivity contribution in [1.29, 1.82) is 0 Å². The topological polar surface area (TPSA) is 89.0 Å². The third kappa shape index (κ3) is 7.52. The van der Waals surface area contributed by atoms with Gasteiger partial charge in [-0.3, -0.25) is 9.59 Å². The summed E-state index contributed by atoms with van der Waals surface area (Å²) >= 11 is 14.0. The van der Waals surface area contributed by atoms with Crippen LogP contribution < -0.4 is 20.2 Å². The predicted molar refractivity (Wildman–Crippen MR) is 138 cm³/mol. The lowest BCUT2D eigenvalue weighted by molar-refractivity contribution is -0.123. The molecule has 0 saturated heterocycles. The molecule has 0 bridgehead atoms. The summed E-state index contributed by atoms with van der Waals surface area (Å²) in [7, 11) is 1.51. The summed E-state index contributed by atoms with van der Waals surface area (Å²) in [4.78, 5) is 25.2. The molecule has 1 atom stereocenters. The molecule has 0 heterocycles. The summed E-state index contributed by atoms with van der Waals surface area (Å²) in [6, 6.07) is 7.18. The van der Waals surface area contributed by atoms with Crippen molar-refractivity contribution in [2.75, 3.05) is 13.7 Å². The summed E-state index contributed by atoms with van der Waals surface area (Å²) in [6.07, 6.45) is 6.71. The van der Waals surface area contributed by atoms with Crippen LogP contribution in [0.1, 0.15) is 29.8 Å². The van der Waals surface area contributed by atoms with Crippen molar-refractivity contribution >= 4 is 63.8 Å². The molecule has 2 rings (SSSR count). The van der Waals surface area contributed by atoms with Gasteiger partial charge >= 0.3 is 0 Å². The van der Waals surface area contributed by atoms with E-state index in [4.69, 9.17) is 39.1 Å². The van der Waals surface area contributed by atoms with E-state index in [0.717, 1.165) is 3.57 Å². The SMILES string of the molecule is C#CCOc1c(I)cc(C=NNC(=O)C(NC(=O)c2ccc(Cl)c(Cl)c2)C(C)C)cc1OC. The van der Waals surface area contributed by atoms with Crippen LogP contribution in [0.3, 0.4) is 0 Å². The number of nitrogens with one attached hydrogen (secondary N) is 2. The van der Waals surface area contributed by atoms with E-state index in [0.29, 0.717) is 27.6 Å². The Hall–Kier alpha value is -2.48. The molecule has 0 aromatic heterocycles. The molecule has 1 unspecified atom stereocenters. The number of terminal acetylenes is 1. The number of benzene rings is 2. The molecule has 2 N–H and O–H groups in total. The molecule has 10 heteroatoms. The maximum atomic E-state index is 12.7. The van der Waals surface area contributed by atoms with Crippen LogP contribution in [0.15, 0.2) is 35.4 Å². The van der Waals surface area contributed by atoms with Gasteiger partial charge in [-0.2, -0.15) is 5.10 Å². The first-order valence-electron chi connectivity index (χ1n) is 9.70. The second-order valence-corrected chi connectivity index (χ2v) is 9.06. The van der Waals surface area contributed by atoms with Crippen molar-refractivity contribution in [3.63, 3.8) is 0 Å². The van der Waals surface area contributed by atoms with Crippen LogP contribution in [-0.2, 0) is 4.79 Å². The maximum Gasteiger partial charge on any atom is 0.262 e. The van der Waals surface area contributed by atoms with E-state index >= 15 is 0 Å². The molecule has 0 aliphatic heterocycles. The quantitative estimate of drug-likeness (QED) is 0.191. The number of carbonyl (C=O) groups is 2. The minimum atomic E-state index is -0.821. The van der Waals surface area contributed by atoms with E-state index in [9.17, 15) is 9.59 Å². The molecule has 0 fully saturated rings. The molecule has 0 spiro atoms. The number of hydrogen-bond donors (Lipinski definition) is 2. The van der Waals surface area contributed by atoms with Gasteiger partial charge in [0.05, 0.1) is 26.9 Å². The highest BCUT2D eigenvalue weighted by Crippen LogP contribution is 2.33. The van der Waals surface area contributed by atoms with Gasteiger partial charge in [0.1, 0.15) is 12.6 Å². The van der Waals surface area contributed by atoms with Crippen molar-refractivity contribution in [3.8, 4) is 23.8 Å². The fraction of sp³-hybridized carbons (Fsp3) is 0.261. The molecule has 33 heavy (non-hydrogen) atoms. The summed E-state index contributed by atoms with van der Waals surface area (Å²) in [5.41, 5.74) is 3.43. The molecule has 0 aliphatic rings. The molecular weight excluding hydrogens is 580 g/mol. The van der Waals surface area contributed by atoms with Gasteiger partial charge in [0.2, 0.25) is 0 Å². The third-order valence-electron chi connectivity index (χ3n) is 4.36. The average Bonchev–Trinajstić information content (AvgIpc) is 2.77. The van der Waals surface area contributed by atoms with Gasteiger partial charge in [-0.25, -0.2) is 5.43 Å². The Balaban J connectivity index is 2.10. The fourth-order valence-corrected chi connectivity index (χ4v) is 3.78. The molecule has 174 valence electrons. The highest BCUT2D eigenvalue weighted by molar-refractivity contribution is 14.1. The van der Waals surface area contributed by atoms with Gasteiger partial charge in [-0.15, -0.1) is 6.42 Å². The van der Waals surface area contributed by atoms with E-state index in [2.05, 4.69) is 44.4 Å². The lowest BCUT2D eigenvalue weighted by Crippen LogP contribution is -2.48. The lowest BCUT2D eigenvalue weighted by atomic mass is 10.0. The fourth-order valence-electron chi connectivity index (χ4n) is 2.71. The molecule has 0 radical (unpaired) electrons. The monoisotopic (exact) mass is 601 g/mol. The van der Waals surface area contributed by atoms with Crippen LogP contribution in [0.25, 0.3) is 0 Å². The standard InChI is InChI=1S/C23H22Cl2IN3O4/c1-5-8-33-21-18(26)9-14(10-19(21)32-4)12-27-29-23(31)20(13(2)3)28-22(30)15-6-7-16(24)17(25)11-15/h1,6-7,9-13,20H,8H2,2-4H3,(H,28,30)(H,29,31). The number of ether oxygens (including phenoxy) is 2. The Morgan fingerprint density at radius 1 is 1.24 bits per heavy atom. The van der Waals surface area contributed by atoms with E-state index in [1.165, 1.54) is 31.5 Å². The highest BCUT2D eigenvalue weighted by atomic mass is 127. The summed E-state index contributed by atoms with van der Waals surface area (Å²) in [6.45, 7) is 3.73. The number of hydrogen-bond acceptors (Lipinski definition) is 5. The zero-order valence-electron chi connectivity index (χ0n) is 18.1. The minimum Gasteiger partial charge on any atom is -0.493 e. The van der Waals surface area contributed by atoms with Gasteiger partial charge in [-0.05, 0) is 64.4 Å². The number of hydrazone groups is 1. The Labute approximate surface area is 216 Å². The van der Waals surface area contributed by atoms with E-state index in [1.807, 2.05) is 13.8 Å². The van der Waals surface area contributed by atoms with Crippen LogP contribution in [0.5, 0.6) is 11.5 Å². The van der Waals surface area contributed by atoms with Crippen LogP contribution in [0.2, 0.25) is 10.0 Å². The van der Waals surface area contributed by atoms with E-state index in [1.54, 1.807) is 12.1 Å². The number of halogens is 3. The number of carbonyl (C=O) groups excluding carboxylic acids is 2. The van der Waals surface area contributed by atoms with Crippen molar-refractivity contribution in [2.45, 2.75) is 19.9 Å². The van der Waals surface area contributed by atoms with Crippen molar-refractivity contribution in [2.24, 2.45) is 11.0 Å². The zero-order chi connectivity index (χ0) is 24.5. The Morgan fingerprint density at radius 3 is 2.58 bits per heavy atom. The van der Waals surface area contributed by atoms with Crippen LogP contribution in [-0.4, -0.2) is 37.8 Å².